The van der Waals surface area contributed by atoms with Crippen LogP contribution in [0, 0.1) is 6.92 Å². The number of nitrogens with two attached hydrogens (primary N) is 1. The Morgan fingerprint density at radius 3 is 2.68 bits per heavy atom. The van der Waals surface area contributed by atoms with Crippen LogP contribution in [0.25, 0.3) is 5.65 Å². The van der Waals surface area contributed by atoms with E-state index in [-0.39, 0.29) is 23.2 Å². The number of hydrogen-bond donors (Lipinski definition) is 1. The first-order valence-electron chi connectivity index (χ1n) is 9.04. The minimum absolute atomic E-state index is 0.0151. The highest BCUT2D eigenvalue weighted by Gasteiger charge is 2.27. The van der Waals surface area contributed by atoms with E-state index < -0.39 is 5.91 Å². The SMILES string of the molecule is Cc1cccnc1OC1CCN(C(=O)c2ccnc3c(C(N)=O)cnn23)CC1. The Labute approximate surface area is 161 Å². The van der Waals surface area contributed by atoms with Gasteiger partial charge in [-0.05, 0) is 19.1 Å². The number of rotatable bonds is 4. The van der Waals surface area contributed by atoms with Crippen LogP contribution in [0.15, 0.2) is 36.8 Å². The maximum Gasteiger partial charge on any atom is 0.272 e. The van der Waals surface area contributed by atoms with Crippen LogP contribution in [0.2, 0.25) is 0 Å². The molecule has 3 aromatic rings. The van der Waals surface area contributed by atoms with Crippen LogP contribution >= 0.6 is 0 Å². The van der Waals surface area contributed by atoms with Gasteiger partial charge < -0.3 is 15.4 Å². The first kappa shape index (κ1) is 17.9. The minimum Gasteiger partial charge on any atom is -0.474 e. The number of pyridine rings is 1. The lowest BCUT2D eigenvalue weighted by atomic mass is 10.1. The molecule has 1 aliphatic rings. The number of primary amides is 1. The van der Waals surface area contributed by atoms with E-state index in [1.54, 1.807) is 17.2 Å². The van der Waals surface area contributed by atoms with Gasteiger partial charge in [-0.15, -0.1) is 0 Å². The Morgan fingerprint density at radius 2 is 1.96 bits per heavy atom. The molecule has 0 aromatic carbocycles. The van der Waals surface area contributed by atoms with Gasteiger partial charge in [-0.25, -0.2) is 14.5 Å². The van der Waals surface area contributed by atoms with E-state index >= 15 is 0 Å². The van der Waals surface area contributed by atoms with Crippen molar-refractivity contribution in [1.29, 1.82) is 0 Å². The maximum atomic E-state index is 13.0. The molecule has 1 aliphatic heterocycles. The number of carbonyl (C=O) groups is 2. The summed E-state index contributed by atoms with van der Waals surface area (Å²) in [5, 5.41) is 4.11. The zero-order chi connectivity index (χ0) is 19.7. The molecule has 4 heterocycles. The van der Waals surface area contributed by atoms with E-state index in [9.17, 15) is 9.59 Å². The lowest BCUT2D eigenvalue weighted by Crippen LogP contribution is -2.42. The molecule has 9 heteroatoms. The molecule has 0 radical (unpaired) electrons. The summed E-state index contributed by atoms with van der Waals surface area (Å²) < 4.78 is 7.36. The molecule has 0 aliphatic carbocycles. The first-order valence-corrected chi connectivity index (χ1v) is 9.04. The van der Waals surface area contributed by atoms with Crippen molar-refractivity contribution in [3.8, 4) is 5.88 Å². The van der Waals surface area contributed by atoms with Crippen LogP contribution in [-0.2, 0) is 0 Å². The summed E-state index contributed by atoms with van der Waals surface area (Å²) in [6, 6.07) is 5.42. The van der Waals surface area contributed by atoms with Crippen molar-refractivity contribution in [2.75, 3.05) is 13.1 Å². The molecule has 2 amide bonds. The van der Waals surface area contributed by atoms with Gasteiger partial charge in [0.25, 0.3) is 11.8 Å². The van der Waals surface area contributed by atoms with Crippen molar-refractivity contribution in [1.82, 2.24) is 24.5 Å². The van der Waals surface area contributed by atoms with Gasteiger partial charge in [0.05, 0.1) is 6.20 Å². The first-order chi connectivity index (χ1) is 13.5. The van der Waals surface area contributed by atoms with Gasteiger partial charge in [-0.3, -0.25) is 9.59 Å². The Hall–Kier alpha value is -3.49. The molecule has 1 fully saturated rings. The van der Waals surface area contributed by atoms with Gasteiger partial charge in [0.1, 0.15) is 17.4 Å². The largest absolute Gasteiger partial charge is 0.474 e. The number of likely N-dealkylation sites (tertiary alicyclic amines) is 1. The average Bonchev–Trinajstić information content (AvgIpc) is 3.14. The van der Waals surface area contributed by atoms with Crippen LogP contribution in [0.5, 0.6) is 5.88 Å². The Balaban J connectivity index is 1.47. The Bertz CT molecular complexity index is 1040. The zero-order valence-electron chi connectivity index (χ0n) is 15.4. The molecule has 0 saturated carbocycles. The number of hydrogen-bond acceptors (Lipinski definition) is 6. The van der Waals surface area contributed by atoms with E-state index in [2.05, 4.69) is 15.1 Å². The van der Waals surface area contributed by atoms with Gasteiger partial charge in [0, 0.05) is 43.9 Å². The molecule has 9 nitrogen and oxygen atoms in total. The number of piperidine rings is 1. The van der Waals surface area contributed by atoms with Crippen LogP contribution in [0.3, 0.4) is 0 Å². The van der Waals surface area contributed by atoms with Crippen molar-refractivity contribution < 1.29 is 14.3 Å². The molecule has 0 bridgehead atoms. The molecule has 2 N–H and O–H groups in total. The summed E-state index contributed by atoms with van der Waals surface area (Å²) in [6.07, 6.45) is 5.96. The number of nitrogens with zero attached hydrogens (tertiary/aromatic N) is 5. The van der Waals surface area contributed by atoms with E-state index in [1.807, 2.05) is 19.1 Å². The quantitative estimate of drug-likeness (QED) is 0.727. The normalized spacial score (nSPS) is 15.0. The average molecular weight is 380 g/mol. The summed E-state index contributed by atoms with van der Waals surface area (Å²) in [4.78, 5) is 34.6. The molecule has 1 saturated heterocycles. The van der Waals surface area contributed by atoms with Gasteiger partial charge in [0.15, 0.2) is 5.65 Å². The fourth-order valence-electron chi connectivity index (χ4n) is 3.32. The highest BCUT2D eigenvalue weighted by atomic mass is 16.5. The number of carbonyl (C=O) groups excluding carboxylic acids is 2. The Kier molecular flexibility index (Phi) is 4.64. The summed E-state index contributed by atoms with van der Waals surface area (Å²) >= 11 is 0. The van der Waals surface area contributed by atoms with Gasteiger partial charge in [-0.1, -0.05) is 6.07 Å². The zero-order valence-corrected chi connectivity index (χ0v) is 15.4. The molecule has 0 atom stereocenters. The highest BCUT2D eigenvalue weighted by molar-refractivity contribution is 5.99. The second kappa shape index (κ2) is 7.26. The number of aromatic nitrogens is 4. The third-order valence-electron chi connectivity index (χ3n) is 4.85. The van der Waals surface area contributed by atoms with Crippen molar-refractivity contribution in [2.45, 2.75) is 25.9 Å². The standard InChI is InChI=1S/C19H20N6O3/c1-12-3-2-7-22-18(12)28-13-5-9-24(10-6-13)19(27)15-4-8-21-17-14(16(20)26)11-23-25(15)17/h2-4,7-8,11,13H,5-6,9-10H2,1H3,(H2,20,26). The predicted octanol–water partition coefficient (Wildman–Crippen LogP) is 1.22. The third-order valence-corrected chi connectivity index (χ3v) is 4.85. The van der Waals surface area contributed by atoms with Gasteiger partial charge >= 0.3 is 0 Å². The molecule has 3 aromatic heterocycles. The third kappa shape index (κ3) is 3.26. The maximum absolute atomic E-state index is 13.0. The minimum atomic E-state index is -0.630. The van der Waals surface area contributed by atoms with Crippen molar-refractivity contribution in [3.05, 3.63) is 53.6 Å². The lowest BCUT2D eigenvalue weighted by molar-refractivity contribution is 0.0578. The number of aryl methyl sites for hydroxylation is 1. The number of ether oxygens (including phenoxy) is 1. The lowest BCUT2D eigenvalue weighted by Gasteiger charge is -2.32. The van der Waals surface area contributed by atoms with Gasteiger partial charge in [0.2, 0.25) is 5.88 Å². The molecule has 0 spiro atoms. The van der Waals surface area contributed by atoms with E-state index in [1.165, 1.54) is 16.9 Å². The fourth-order valence-corrected chi connectivity index (χ4v) is 3.32. The fraction of sp³-hybridized carbons (Fsp3) is 0.316. The predicted molar refractivity (Wildman–Crippen MR) is 100 cm³/mol. The molecule has 0 unspecified atom stereocenters. The second-order valence-corrected chi connectivity index (χ2v) is 6.72. The summed E-state index contributed by atoms with van der Waals surface area (Å²) in [5.74, 6) is -0.160. The van der Waals surface area contributed by atoms with Crippen LogP contribution in [0.4, 0.5) is 0 Å². The van der Waals surface area contributed by atoms with E-state index in [0.717, 1.165) is 5.56 Å². The van der Waals surface area contributed by atoms with Crippen molar-refractivity contribution in [3.63, 3.8) is 0 Å². The smallest absolute Gasteiger partial charge is 0.272 e. The molecule has 28 heavy (non-hydrogen) atoms. The monoisotopic (exact) mass is 380 g/mol. The van der Waals surface area contributed by atoms with Crippen molar-refractivity contribution >= 4 is 17.5 Å². The highest BCUT2D eigenvalue weighted by Crippen LogP contribution is 2.21. The van der Waals surface area contributed by atoms with Crippen LogP contribution in [0.1, 0.15) is 39.3 Å². The second-order valence-electron chi connectivity index (χ2n) is 6.72. The van der Waals surface area contributed by atoms with E-state index in [4.69, 9.17) is 10.5 Å². The molecule has 144 valence electrons. The topological polar surface area (TPSA) is 116 Å². The summed E-state index contributed by atoms with van der Waals surface area (Å²) in [5.41, 5.74) is 7.14. The van der Waals surface area contributed by atoms with Gasteiger partial charge in [-0.2, -0.15) is 5.10 Å². The molecular weight excluding hydrogens is 360 g/mol. The molecule has 4 rings (SSSR count). The number of amides is 2. The van der Waals surface area contributed by atoms with E-state index in [0.29, 0.717) is 37.5 Å². The molecular formula is C19H20N6O3. The van der Waals surface area contributed by atoms with Crippen LogP contribution < -0.4 is 10.5 Å². The number of fused-ring (bicyclic) bond motifs is 1. The van der Waals surface area contributed by atoms with Crippen molar-refractivity contribution in [2.24, 2.45) is 5.73 Å². The summed E-state index contributed by atoms with van der Waals surface area (Å²) in [6.45, 7) is 3.08. The summed E-state index contributed by atoms with van der Waals surface area (Å²) in [7, 11) is 0. The Morgan fingerprint density at radius 1 is 1.18 bits per heavy atom. The van der Waals surface area contributed by atoms with Crippen LogP contribution in [-0.4, -0.2) is 55.5 Å².